The summed E-state index contributed by atoms with van der Waals surface area (Å²) in [6.45, 7) is 0.570. The zero-order chi connectivity index (χ0) is 14.8. The maximum absolute atomic E-state index is 10.8. The minimum atomic E-state index is -3.54. The van der Waals surface area contributed by atoms with Gasteiger partial charge in [-0.25, -0.2) is 4.79 Å². The van der Waals surface area contributed by atoms with Crippen LogP contribution in [0.3, 0.4) is 0 Å². The number of hydrogen-bond donors (Lipinski definition) is 1. The van der Waals surface area contributed by atoms with Crippen molar-refractivity contribution in [1.82, 2.24) is 25.1 Å². The largest absolute Gasteiger partial charge is 0.465 e. The molecule has 0 saturated carbocycles. The van der Waals surface area contributed by atoms with E-state index in [1.165, 1.54) is 9.70 Å². The first kappa shape index (κ1) is 14.7. The Morgan fingerprint density at radius 2 is 2.10 bits per heavy atom. The molecule has 1 saturated heterocycles. The Hall–Kier alpha value is -1.75. The smallest absolute Gasteiger partial charge is 0.407 e. The van der Waals surface area contributed by atoms with E-state index in [0.29, 0.717) is 25.9 Å². The molecule has 2 rings (SSSR count). The molecule has 1 aliphatic rings. The first-order valence-corrected chi connectivity index (χ1v) is 7.77. The Morgan fingerprint density at radius 1 is 1.45 bits per heavy atom. The van der Waals surface area contributed by atoms with Crippen LogP contribution in [0, 0.1) is 0 Å². The number of nitrogens with zero attached hydrogens (tertiary/aromatic N) is 5. The van der Waals surface area contributed by atoms with Crippen LogP contribution < -0.4 is 0 Å². The van der Waals surface area contributed by atoms with Crippen molar-refractivity contribution >= 4 is 16.2 Å². The van der Waals surface area contributed by atoms with Gasteiger partial charge in [0.2, 0.25) is 5.82 Å². The molecule has 0 spiro atoms. The summed E-state index contributed by atoms with van der Waals surface area (Å²) in [4.78, 5) is 13.5. The van der Waals surface area contributed by atoms with Gasteiger partial charge in [0.05, 0.1) is 12.3 Å². The Morgan fingerprint density at radius 3 is 2.65 bits per heavy atom. The number of carboxylic acid groups (broad SMARTS) is 1. The molecular weight excluding hydrogens is 290 g/mol. The average molecular weight is 305 g/mol. The molecule has 1 aromatic heterocycles. The fourth-order valence-corrected chi connectivity index (χ4v) is 2.24. The van der Waals surface area contributed by atoms with E-state index in [9.17, 15) is 13.2 Å². The predicted molar refractivity (Wildman–Crippen MR) is 65.3 cm³/mol. The van der Waals surface area contributed by atoms with E-state index in [4.69, 9.17) is 5.11 Å². The van der Waals surface area contributed by atoms with Gasteiger partial charge < -0.3 is 10.0 Å². The van der Waals surface area contributed by atoms with E-state index in [1.54, 1.807) is 0 Å². The third-order valence-corrected chi connectivity index (χ3v) is 3.48. The first-order chi connectivity index (χ1) is 9.35. The minimum absolute atomic E-state index is 0.0370. The van der Waals surface area contributed by atoms with Crippen LogP contribution in [0.15, 0.2) is 0 Å². The van der Waals surface area contributed by atoms with Gasteiger partial charge in [0.25, 0.3) is 10.1 Å². The number of piperidine rings is 1. The van der Waals surface area contributed by atoms with Crippen molar-refractivity contribution in [2.24, 2.45) is 0 Å². The molecule has 1 fully saturated rings. The zero-order valence-electron chi connectivity index (χ0n) is 10.8. The summed E-state index contributed by atoms with van der Waals surface area (Å²) in [5.74, 6) is 0.177. The second-order valence-corrected chi connectivity index (χ2v) is 6.14. The molecule has 1 amide bonds. The molecule has 1 aliphatic heterocycles. The lowest BCUT2D eigenvalue weighted by atomic mass is 10.1. The highest BCUT2D eigenvalue weighted by atomic mass is 32.2. The number of aromatic nitrogens is 4. The van der Waals surface area contributed by atoms with Crippen LogP contribution in [-0.4, -0.2) is 64.1 Å². The van der Waals surface area contributed by atoms with Gasteiger partial charge in [0.1, 0.15) is 6.61 Å². The molecule has 0 radical (unpaired) electrons. The lowest BCUT2D eigenvalue weighted by molar-refractivity contribution is 0.121. The molecular formula is C9H15N5O5S. The van der Waals surface area contributed by atoms with Crippen LogP contribution in [-0.2, 0) is 20.9 Å². The number of tetrazole rings is 1. The summed E-state index contributed by atoms with van der Waals surface area (Å²) >= 11 is 0. The molecule has 1 aromatic rings. The SMILES string of the molecule is CS(=O)(=O)OCc1nnn(C2CCN(C(=O)O)CC2)n1. The lowest BCUT2D eigenvalue weighted by Crippen LogP contribution is -2.38. The van der Waals surface area contributed by atoms with Crippen molar-refractivity contribution in [2.75, 3.05) is 19.3 Å². The third kappa shape index (κ3) is 3.87. The number of likely N-dealkylation sites (tertiary alicyclic amines) is 1. The van der Waals surface area contributed by atoms with Crippen LogP contribution >= 0.6 is 0 Å². The molecule has 0 aromatic carbocycles. The summed E-state index contributed by atoms with van der Waals surface area (Å²) in [6.07, 6.45) is 1.19. The first-order valence-electron chi connectivity index (χ1n) is 5.96. The van der Waals surface area contributed by atoms with Gasteiger partial charge in [0.15, 0.2) is 0 Å². The normalized spacial score (nSPS) is 17.4. The van der Waals surface area contributed by atoms with Crippen molar-refractivity contribution in [1.29, 1.82) is 0 Å². The molecule has 20 heavy (non-hydrogen) atoms. The lowest BCUT2D eigenvalue weighted by Gasteiger charge is -2.28. The van der Waals surface area contributed by atoms with Crippen LogP contribution in [0.4, 0.5) is 4.79 Å². The average Bonchev–Trinajstić information content (AvgIpc) is 2.84. The Bertz CT molecular complexity index is 577. The number of amides is 1. The van der Waals surface area contributed by atoms with E-state index in [0.717, 1.165) is 6.26 Å². The molecule has 10 nitrogen and oxygen atoms in total. The van der Waals surface area contributed by atoms with E-state index < -0.39 is 16.2 Å². The molecule has 1 N–H and O–H groups in total. The van der Waals surface area contributed by atoms with Crippen molar-refractivity contribution in [3.8, 4) is 0 Å². The van der Waals surface area contributed by atoms with Crippen LogP contribution in [0.5, 0.6) is 0 Å². The van der Waals surface area contributed by atoms with Crippen molar-refractivity contribution < 1.29 is 22.5 Å². The van der Waals surface area contributed by atoms with E-state index in [-0.39, 0.29) is 18.5 Å². The molecule has 0 atom stereocenters. The highest BCUT2D eigenvalue weighted by molar-refractivity contribution is 7.85. The van der Waals surface area contributed by atoms with Crippen LogP contribution in [0.25, 0.3) is 0 Å². The van der Waals surface area contributed by atoms with Gasteiger partial charge in [-0.2, -0.15) is 13.2 Å². The molecule has 0 unspecified atom stereocenters. The molecule has 11 heteroatoms. The number of rotatable bonds is 4. The van der Waals surface area contributed by atoms with Crippen molar-refractivity contribution in [3.05, 3.63) is 5.82 Å². The molecule has 2 heterocycles. The fourth-order valence-electron chi connectivity index (χ4n) is 1.92. The summed E-state index contributed by atoms with van der Waals surface area (Å²) < 4.78 is 26.3. The van der Waals surface area contributed by atoms with Crippen LogP contribution in [0.2, 0.25) is 0 Å². The molecule has 112 valence electrons. The third-order valence-electron chi connectivity index (χ3n) is 2.93. The quantitative estimate of drug-likeness (QED) is 0.735. The van der Waals surface area contributed by atoms with Gasteiger partial charge >= 0.3 is 6.09 Å². The second kappa shape index (κ2) is 5.71. The van der Waals surface area contributed by atoms with Crippen molar-refractivity contribution in [3.63, 3.8) is 0 Å². The summed E-state index contributed by atoms with van der Waals surface area (Å²) in [5, 5.41) is 20.4. The highest BCUT2D eigenvalue weighted by Crippen LogP contribution is 2.20. The maximum atomic E-state index is 10.8. The van der Waals surface area contributed by atoms with Crippen molar-refractivity contribution in [2.45, 2.75) is 25.5 Å². The second-order valence-electron chi connectivity index (χ2n) is 4.49. The molecule has 0 bridgehead atoms. The monoisotopic (exact) mass is 305 g/mol. The summed E-state index contributed by atoms with van der Waals surface area (Å²) in [7, 11) is -3.54. The Balaban J connectivity index is 1.91. The number of carbonyl (C=O) groups is 1. The van der Waals surface area contributed by atoms with Gasteiger partial charge in [-0.3, -0.25) is 4.18 Å². The van der Waals surface area contributed by atoms with E-state index in [1.807, 2.05) is 0 Å². The van der Waals surface area contributed by atoms with E-state index >= 15 is 0 Å². The van der Waals surface area contributed by atoms with Gasteiger partial charge in [-0.15, -0.1) is 10.2 Å². The Labute approximate surface area is 115 Å². The summed E-state index contributed by atoms with van der Waals surface area (Å²) in [6, 6.07) is -0.0370. The predicted octanol–water partition coefficient (Wildman–Crippen LogP) is -0.536. The van der Waals surface area contributed by atoms with E-state index in [2.05, 4.69) is 19.6 Å². The fraction of sp³-hybridized carbons (Fsp3) is 0.778. The van der Waals surface area contributed by atoms with Gasteiger partial charge in [0, 0.05) is 13.1 Å². The zero-order valence-corrected chi connectivity index (χ0v) is 11.7. The standard InChI is InChI=1S/C9H15N5O5S/c1-20(17,18)19-6-8-10-12-14(11-8)7-2-4-13(5-3-7)9(15)16/h7H,2-6H2,1H3,(H,15,16). The Kier molecular flexibility index (Phi) is 4.18. The van der Waals surface area contributed by atoms with Gasteiger partial charge in [-0.1, -0.05) is 0 Å². The minimum Gasteiger partial charge on any atom is -0.465 e. The molecule has 0 aliphatic carbocycles. The topological polar surface area (TPSA) is 128 Å². The maximum Gasteiger partial charge on any atom is 0.407 e. The highest BCUT2D eigenvalue weighted by Gasteiger charge is 2.25. The number of hydrogen-bond acceptors (Lipinski definition) is 7. The summed E-state index contributed by atoms with van der Waals surface area (Å²) in [5.41, 5.74) is 0. The van der Waals surface area contributed by atoms with Gasteiger partial charge in [-0.05, 0) is 18.1 Å². The van der Waals surface area contributed by atoms with Crippen LogP contribution in [0.1, 0.15) is 24.7 Å².